The van der Waals surface area contributed by atoms with E-state index in [1.54, 1.807) is 0 Å². The van der Waals surface area contributed by atoms with E-state index in [0.29, 0.717) is 18.5 Å². The standard InChI is InChI=1S/C20H35N3O2/c1-13(2)21-18(24)11-23(4)12-19(25)22-14(3)20-8-15-5-16(9-20)7-17(6-15)10-20/h13-17H,5-12H2,1-4H3,(H,21,24)(H,22,25)/p+1/t14-,15?,16?,17?,20?/m0/s1. The third-order valence-corrected chi connectivity index (χ3v) is 6.76. The average molecular weight is 351 g/mol. The molecule has 0 spiro atoms. The van der Waals surface area contributed by atoms with Crippen LogP contribution in [0.25, 0.3) is 0 Å². The minimum absolute atomic E-state index is 0.00873. The molecule has 0 saturated heterocycles. The second kappa shape index (κ2) is 7.26. The minimum atomic E-state index is 0.00873. The topological polar surface area (TPSA) is 62.6 Å². The van der Waals surface area contributed by atoms with E-state index in [2.05, 4.69) is 17.6 Å². The van der Waals surface area contributed by atoms with Crippen LogP contribution >= 0.6 is 0 Å². The van der Waals surface area contributed by atoms with Crippen molar-refractivity contribution in [3.63, 3.8) is 0 Å². The van der Waals surface area contributed by atoms with Crippen molar-refractivity contribution >= 4 is 11.8 Å². The molecule has 4 aliphatic carbocycles. The van der Waals surface area contributed by atoms with Crippen molar-refractivity contribution in [1.82, 2.24) is 10.6 Å². The average Bonchev–Trinajstić information content (AvgIpc) is 2.43. The van der Waals surface area contributed by atoms with Crippen molar-refractivity contribution in [1.29, 1.82) is 0 Å². The molecule has 3 N–H and O–H groups in total. The molecule has 4 aliphatic rings. The highest BCUT2D eigenvalue weighted by molar-refractivity contribution is 5.79. The number of likely N-dealkylation sites (N-methyl/N-ethyl adjacent to an activating group) is 1. The lowest BCUT2D eigenvalue weighted by molar-refractivity contribution is -0.862. The van der Waals surface area contributed by atoms with Crippen molar-refractivity contribution in [3.8, 4) is 0 Å². The Kier molecular flexibility index (Phi) is 5.42. The van der Waals surface area contributed by atoms with Crippen LogP contribution in [0.1, 0.15) is 59.3 Å². The first-order valence-corrected chi connectivity index (χ1v) is 10.2. The van der Waals surface area contributed by atoms with Crippen molar-refractivity contribution < 1.29 is 14.5 Å². The van der Waals surface area contributed by atoms with E-state index in [-0.39, 0.29) is 23.9 Å². The molecule has 142 valence electrons. The van der Waals surface area contributed by atoms with Gasteiger partial charge in [-0.05, 0) is 82.5 Å². The second-order valence-electron chi connectivity index (χ2n) is 9.60. The van der Waals surface area contributed by atoms with Crippen LogP contribution in [0.3, 0.4) is 0 Å². The number of rotatable bonds is 7. The number of nitrogens with one attached hydrogen (secondary N) is 3. The Labute approximate surface area is 152 Å². The lowest BCUT2D eigenvalue weighted by atomic mass is 9.48. The fourth-order valence-electron chi connectivity index (χ4n) is 6.14. The first kappa shape index (κ1) is 18.7. The summed E-state index contributed by atoms with van der Waals surface area (Å²) in [6.45, 7) is 6.83. The molecule has 0 radical (unpaired) electrons. The van der Waals surface area contributed by atoms with Crippen LogP contribution < -0.4 is 15.5 Å². The fourth-order valence-corrected chi connectivity index (χ4v) is 6.14. The molecule has 1 unspecified atom stereocenters. The van der Waals surface area contributed by atoms with Gasteiger partial charge in [-0.1, -0.05) is 0 Å². The summed E-state index contributed by atoms with van der Waals surface area (Å²) in [5.41, 5.74) is 0.341. The fraction of sp³-hybridized carbons (Fsp3) is 0.900. The highest BCUT2D eigenvalue weighted by atomic mass is 16.2. The molecule has 4 rings (SSSR count). The summed E-state index contributed by atoms with van der Waals surface area (Å²) < 4.78 is 0. The number of hydrogen-bond donors (Lipinski definition) is 3. The molecule has 4 fully saturated rings. The Hall–Kier alpha value is -1.10. The van der Waals surface area contributed by atoms with Gasteiger partial charge in [-0.25, -0.2) is 0 Å². The van der Waals surface area contributed by atoms with Crippen molar-refractivity contribution in [2.45, 2.75) is 71.4 Å². The zero-order valence-corrected chi connectivity index (χ0v) is 16.4. The zero-order valence-electron chi connectivity index (χ0n) is 16.4. The molecular weight excluding hydrogens is 314 g/mol. The monoisotopic (exact) mass is 350 g/mol. The van der Waals surface area contributed by atoms with Gasteiger partial charge in [-0.15, -0.1) is 0 Å². The van der Waals surface area contributed by atoms with Gasteiger partial charge in [0.25, 0.3) is 11.8 Å². The second-order valence-corrected chi connectivity index (χ2v) is 9.60. The Morgan fingerprint density at radius 2 is 1.36 bits per heavy atom. The Bertz CT molecular complexity index is 482. The molecule has 0 heterocycles. The third kappa shape index (κ3) is 4.36. The summed E-state index contributed by atoms with van der Waals surface area (Å²) in [7, 11) is 1.91. The van der Waals surface area contributed by atoms with Gasteiger partial charge >= 0.3 is 0 Å². The zero-order chi connectivity index (χ0) is 18.2. The lowest BCUT2D eigenvalue weighted by Crippen LogP contribution is -3.11. The van der Waals surface area contributed by atoms with Gasteiger partial charge in [-0.2, -0.15) is 0 Å². The quantitative estimate of drug-likeness (QED) is 0.634. The van der Waals surface area contributed by atoms with Gasteiger partial charge in [0.2, 0.25) is 0 Å². The van der Waals surface area contributed by atoms with Gasteiger partial charge in [0, 0.05) is 12.1 Å². The van der Waals surface area contributed by atoms with Gasteiger partial charge in [0.15, 0.2) is 13.1 Å². The van der Waals surface area contributed by atoms with Crippen molar-refractivity contribution in [2.24, 2.45) is 23.2 Å². The normalized spacial score (nSPS) is 35.5. The van der Waals surface area contributed by atoms with Crippen LogP contribution in [0.2, 0.25) is 0 Å². The molecule has 4 bridgehead atoms. The summed E-state index contributed by atoms with van der Waals surface area (Å²) in [6.07, 6.45) is 8.20. The molecule has 2 amide bonds. The van der Waals surface area contributed by atoms with Crippen LogP contribution in [0, 0.1) is 23.2 Å². The van der Waals surface area contributed by atoms with Crippen LogP contribution in [0.4, 0.5) is 0 Å². The molecule has 5 nitrogen and oxygen atoms in total. The molecule has 25 heavy (non-hydrogen) atoms. The van der Waals surface area contributed by atoms with Crippen molar-refractivity contribution in [2.75, 3.05) is 20.1 Å². The molecule has 0 aromatic rings. The summed E-state index contributed by atoms with van der Waals surface area (Å²) in [6, 6.07) is 0.399. The molecule has 0 aromatic carbocycles. The molecule has 0 aromatic heterocycles. The Balaban J connectivity index is 1.48. The van der Waals surface area contributed by atoms with Crippen LogP contribution in [0.5, 0.6) is 0 Å². The van der Waals surface area contributed by atoms with E-state index in [1.807, 2.05) is 20.9 Å². The minimum Gasteiger partial charge on any atom is -0.349 e. The summed E-state index contributed by atoms with van der Waals surface area (Å²) in [5, 5.41) is 6.18. The number of carbonyl (C=O) groups is 2. The first-order chi connectivity index (χ1) is 11.8. The highest BCUT2D eigenvalue weighted by Gasteiger charge is 2.53. The number of hydrogen-bond acceptors (Lipinski definition) is 2. The van der Waals surface area contributed by atoms with Crippen LogP contribution in [0.15, 0.2) is 0 Å². The van der Waals surface area contributed by atoms with Gasteiger partial charge in [0.1, 0.15) is 0 Å². The Morgan fingerprint density at radius 3 is 1.80 bits per heavy atom. The van der Waals surface area contributed by atoms with E-state index in [9.17, 15) is 9.59 Å². The SMILES string of the molecule is CC(C)NC(=O)C[NH+](C)CC(=O)N[C@@H](C)C12CC3CC(CC(C3)C1)C2. The molecule has 5 heteroatoms. The van der Waals surface area contributed by atoms with E-state index in [1.165, 1.54) is 38.5 Å². The molecular formula is C20H36N3O2+. The van der Waals surface area contributed by atoms with Crippen LogP contribution in [-0.4, -0.2) is 44.0 Å². The number of quaternary nitrogens is 1. The maximum atomic E-state index is 12.5. The predicted molar refractivity (Wildman–Crippen MR) is 98.1 cm³/mol. The Morgan fingerprint density at radius 1 is 0.920 bits per heavy atom. The molecule has 0 aliphatic heterocycles. The van der Waals surface area contributed by atoms with Gasteiger partial charge in [0.05, 0.1) is 7.05 Å². The molecule has 4 saturated carbocycles. The third-order valence-electron chi connectivity index (χ3n) is 6.76. The maximum absolute atomic E-state index is 12.5. The van der Waals surface area contributed by atoms with Crippen molar-refractivity contribution in [3.05, 3.63) is 0 Å². The molecule has 2 atom stereocenters. The largest absolute Gasteiger partial charge is 0.349 e. The summed E-state index contributed by atoms with van der Waals surface area (Å²) in [4.78, 5) is 25.3. The first-order valence-electron chi connectivity index (χ1n) is 10.2. The summed E-state index contributed by atoms with van der Waals surface area (Å²) in [5.74, 6) is 2.79. The van der Waals surface area contributed by atoms with E-state index in [0.717, 1.165) is 22.7 Å². The number of amides is 2. The smallest absolute Gasteiger partial charge is 0.275 e. The highest BCUT2D eigenvalue weighted by Crippen LogP contribution is 2.61. The van der Waals surface area contributed by atoms with E-state index < -0.39 is 0 Å². The predicted octanol–water partition coefficient (Wildman–Crippen LogP) is 0.747. The van der Waals surface area contributed by atoms with Gasteiger partial charge in [-0.3, -0.25) is 9.59 Å². The maximum Gasteiger partial charge on any atom is 0.275 e. The summed E-state index contributed by atoms with van der Waals surface area (Å²) >= 11 is 0. The van der Waals surface area contributed by atoms with Gasteiger partial charge < -0.3 is 15.5 Å². The number of carbonyl (C=O) groups excluding carboxylic acids is 2. The van der Waals surface area contributed by atoms with E-state index in [4.69, 9.17) is 0 Å². The lowest BCUT2D eigenvalue weighted by Gasteiger charge is -2.59. The van der Waals surface area contributed by atoms with Crippen LogP contribution in [-0.2, 0) is 9.59 Å². The van der Waals surface area contributed by atoms with E-state index >= 15 is 0 Å².